The molecule has 2 unspecified atom stereocenters. The van der Waals surface area contributed by atoms with Crippen LogP contribution in [0.5, 0.6) is 0 Å². The number of alkyl halides is 1. The molecular formula is C21H26BrNO3. The summed E-state index contributed by atoms with van der Waals surface area (Å²) in [4.78, 5) is 25.3. The molecule has 5 heteroatoms. The van der Waals surface area contributed by atoms with Crippen LogP contribution in [0.25, 0.3) is 0 Å². The van der Waals surface area contributed by atoms with E-state index in [1.807, 2.05) is 30.3 Å². The fraction of sp³-hybridized carbons (Fsp3) is 0.619. The Bertz CT molecular complexity index is 690. The quantitative estimate of drug-likeness (QED) is 0.580. The van der Waals surface area contributed by atoms with E-state index in [-0.39, 0.29) is 21.6 Å². The summed E-state index contributed by atoms with van der Waals surface area (Å²) in [6, 6.07) is 9.74. The maximum Gasteiger partial charge on any atom is 0.312 e. The monoisotopic (exact) mass is 419 g/mol. The molecular weight excluding hydrogens is 394 g/mol. The van der Waals surface area contributed by atoms with E-state index in [1.165, 1.54) is 19.3 Å². The number of hydrogen-bond acceptors (Lipinski definition) is 3. The average Bonchev–Trinajstić information content (AvgIpc) is 2.58. The van der Waals surface area contributed by atoms with Crippen LogP contribution in [0.1, 0.15) is 51.0 Å². The van der Waals surface area contributed by atoms with Crippen molar-refractivity contribution in [3.8, 4) is 0 Å². The minimum atomic E-state index is -0.759. The van der Waals surface area contributed by atoms with Crippen LogP contribution in [-0.2, 0) is 20.9 Å². The highest BCUT2D eigenvalue weighted by Gasteiger charge is 2.60. The molecule has 4 bridgehead atoms. The predicted molar refractivity (Wildman–Crippen MR) is 103 cm³/mol. The third-order valence-corrected chi connectivity index (χ3v) is 7.31. The third-order valence-electron chi connectivity index (χ3n) is 6.39. The first-order valence-electron chi connectivity index (χ1n) is 9.59. The molecule has 0 radical (unpaired) electrons. The molecule has 4 aliphatic rings. The molecule has 0 spiro atoms. The highest BCUT2D eigenvalue weighted by Crippen LogP contribution is 2.64. The molecule has 5 rings (SSSR count). The number of carbonyl (C=O) groups is 2. The van der Waals surface area contributed by atoms with Crippen molar-refractivity contribution >= 4 is 27.8 Å². The highest BCUT2D eigenvalue weighted by molar-refractivity contribution is 9.10. The molecule has 0 aromatic heterocycles. The number of carbonyl (C=O) groups excluding carboxylic acids is 2. The molecule has 26 heavy (non-hydrogen) atoms. The first-order valence-corrected chi connectivity index (χ1v) is 10.4. The van der Waals surface area contributed by atoms with Crippen molar-refractivity contribution in [3.63, 3.8) is 0 Å². The molecule has 1 aromatic carbocycles. The van der Waals surface area contributed by atoms with Gasteiger partial charge in [0.2, 0.25) is 0 Å². The molecule has 1 aromatic rings. The van der Waals surface area contributed by atoms with E-state index >= 15 is 0 Å². The summed E-state index contributed by atoms with van der Waals surface area (Å²) < 4.78 is 5.76. The molecule has 1 amide bonds. The van der Waals surface area contributed by atoms with Gasteiger partial charge in [0, 0.05) is 10.9 Å². The fourth-order valence-electron chi connectivity index (χ4n) is 5.66. The second kappa shape index (κ2) is 6.66. The van der Waals surface area contributed by atoms with Crippen molar-refractivity contribution in [1.29, 1.82) is 0 Å². The van der Waals surface area contributed by atoms with E-state index in [9.17, 15) is 9.59 Å². The van der Waals surface area contributed by atoms with Gasteiger partial charge in [0.15, 0.2) is 6.10 Å². The Morgan fingerprint density at radius 1 is 1.19 bits per heavy atom. The molecule has 4 fully saturated rings. The maximum atomic E-state index is 13.0. The van der Waals surface area contributed by atoms with E-state index in [0.29, 0.717) is 18.4 Å². The summed E-state index contributed by atoms with van der Waals surface area (Å²) in [5.74, 6) is 0.828. The lowest BCUT2D eigenvalue weighted by atomic mass is 9.49. The molecule has 5 atom stereocenters. The Balaban J connectivity index is 1.36. The van der Waals surface area contributed by atoms with Gasteiger partial charge in [-0.25, -0.2) is 0 Å². The Morgan fingerprint density at radius 3 is 2.46 bits per heavy atom. The topological polar surface area (TPSA) is 55.4 Å². The number of nitrogens with one attached hydrogen (secondary N) is 1. The van der Waals surface area contributed by atoms with E-state index in [1.54, 1.807) is 6.92 Å². The van der Waals surface area contributed by atoms with Crippen LogP contribution >= 0.6 is 15.9 Å². The maximum absolute atomic E-state index is 13.0. The van der Waals surface area contributed by atoms with E-state index in [0.717, 1.165) is 24.8 Å². The Labute approximate surface area is 163 Å². The molecule has 4 saturated carbocycles. The standard InChI is InChI=1S/C21H26BrNO3/c1-14(18(24)23-12-15-5-3-2-4-6-15)26-19(25)20-8-16-7-17(9-20)11-21(22,10-16)13-20/h2-6,14,16-17H,7-13H2,1H3,(H,23,24)/t14-,16-,17+,20?,21?/m1/s1. The van der Waals surface area contributed by atoms with Gasteiger partial charge in [0.05, 0.1) is 5.41 Å². The number of benzene rings is 1. The summed E-state index contributed by atoms with van der Waals surface area (Å²) >= 11 is 3.92. The SMILES string of the molecule is C[C@@H](OC(=O)C12C[C@@H]3C[C@@H](CC(Br)(C3)C1)C2)C(=O)NCc1ccccc1. The lowest BCUT2D eigenvalue weighted by Gasteiger charge is -2.58. The Morgan fingerprint density at radius 2 is 1.85 bits per heavy atom. The van der Waals surface area contributed by atoms with Crippen LogP contribution in [0.4, 0.5) is 0 Å². The molecule has 1 N–H and O–H groups in total. The molecule has 0 heterocycles. The van der Waals surface area contributed by atoms with E-state index in [2.05, 4.69) is 21.2 Å². The Hall–Kier alpha value is -1.36. The predicted octanol–water partition coefficient (Wildman–Crippen LogP) is 3.97. The second-order valence-electron chi connectivity index (χ2n) is 8.64. The van der Waals surface area contributed by atoms with Gasteiger partial charge < -0.3 is 10.1 Å². The average molecular weight is 420 g/mol. The number of rotatable bonds is 5. The fourth-order valence-corrected chi connectivity index (χ4v) is 7.11. The normalized spacial score (nSPS) is 35.8. The van der Waals surface area contributed by atoms with Gasteiger partial charge in [-0.1, -0.05) is 46.3 Å². The first-order chi connectivity index (χ1) is 12.4. The van der Waals surface area contributed by atoms with Crippen molar-refractivity contribution in [2.24, 2.45) is 17.3 Å². The summed E-state index contributed by atoms with van der Waals surface area (Å²) in [6.07, 6.45) is 5.53. The summed E-state index contributed by atoms with van der Waals surface area (Å²) in [5.41, 5.74) is 0.642. The zero-order valence-electron chi connectivity index (χ0n) is 15.2. The number of halogens is 1. The van der Waals surface area contributed by atoms with Gasteiger partial charge in [-0.2, -0.15) is 0 Å². The Kier molecular flexibility index (Phi) is 4.62. The number of amides is 1. The minimum absolute atomic E-state index is 0.106. The van der Waals surface area contributed by atoms with Gasteiger partial charge in [-0.05, 0) is 62.8 Å². The van der Waals surface area contributed by atoms with Gasteiger partial charge in [-0.3, -0.25) is 9.59 Å². The van der Waals surface area contributed by atoms with E-state index in [4.69, 9.17) is 4.74 Å². The largest absolute Gasteiger partial charge is 0.452 e. The zero-order valence-corrected chi connectivity index (χ0v) is 16.8. The van der Waals surface area contributed by atoms with Crippen molar-refractivity contribution in [3.05, 3.63) is 35.9 Å². The minimum Gasteiger partial charge on any atom is -0.452 e. The molecule has 4 aliphatic carbocycles. The van der Waals surface area contributed by atoms with Crippen LogP contribution in [0.2, 0.25) is 0 Å². The zero-order chi connectivity index (χ0) is 18.4. The van der Waals surface area contributed by atoms with Gasteiger partial charge in [-0.15, -0.1) is 0 Å². The van der Waals surface area contributed by atoms with Crippen LogP contribution in [-0.4, -0.2) is 22.3 Å². The van der Waals surface area contributed by atoms with Crippen LogP contribution in [0.15, 0.2) is 30.3 Å². The van der Waals surface area contributed by atoms with Crippen molar-refractivity contribution < 1.29 is 14.3 Å². The number of hydrogen-bond donors (Lipinski definition) is 1. The smallest absolute Gasteiger partial charge is 0.312 e. The van der Waals surface area contributed by atoms with Gasteiger partial charge >= 0.3 is 5.97 Å². The van der Waals surface area contributed by atoms with Gasteiger partial charge in [0.1, 0.15) is 0 Å². The molecule has 140 valence electrons. The number of ether oxygens (including phenoxy) is 1. The second-order valence-corrected chi connectivity index (χ2v) is 10.3. The number of esters is 1. The van der Waals surface area contributed by atoms with Crippen LogP contribution in [0, 0.1) is 17.3 Å². The van der Waals surface area contributed by atoms with Crippen LogP contribution < -0.4 is 5.32 Å². The lowest BCUT2D eigenvalue weighted by molar-refractivity contribution is -0.176. The molecule has 4 nitrogen and oxygen atoms in total. The van der Waals surface area contributed by atoms with Crippen molar-refractivity contribution in [1.82, 2.24) is 5.32 Å². The summed E-state index contributed by atoms with van der Waals surface area (Å²) in [6.45, 7) is 2.12. The van der Waals surface area contributed by atoms with Crippen LogP contribution in [0.3, 0.4) is 0 Å². The summed E-state index contributed by atoms with van der Waals surface area (Å²) in [7, 11) is 0. The summed E-state index contributed by atoms with van der Waals surface area (Å²) in [5, 5.41) is 2.86. The first kappa shape index (κ1) is 18.0. The van der Waals surface area contributed by atoms with Crippen molar-refractivity contribution in [2.75, 3.05) is 0 Å². The molecule has 0 saturated heterocycles. The van der Waals surface area contributed by atoms with Gasteiger partial charge in [0.25, 0.3) is 5.91 Å². The van der Waals surface area contributed by atoms with E-state index < -0.39 is 6.10 Å². The third kappa shape index (κ3) is 3.42. The van der Waals surface area contributed by atoms with Crippen molar-refractivity contribution in [2.45, 2.75) is 62.4 Å². The highest BCUT2D eigenvalue weighted by atomic mass is 79.9. The molecule has 0 aliphatic heterocycles. The lowest BCUT2D eigenvalue weighted by Crippen LogP contribution is -2.56.